The second kappa shape index (κ2) is 4.84. The Kier molecular flexibility index (Phi) is 3.24. The maximum atomic E-state index is 11.9. The molecular formula is C10H7ClN4O3. The van der Waals surface area contributed by atoms with Crippen LogP contribution in [-0.4, -0.2) is 20.8 Å². The number of nitrogens with one attached hydrogen (secondary N) is 2. The van der Waals surface area contributed by atoms with Crippen molar-refractivity contribution in [3.63, 3.8) is 0 Å². The van der Waals surface area contributed by atoms with Gasteiger partial charge in [-0.25, -0.2) is 4.98 Å². The smallest absolute Gasteiger partial charge is 0.283 e. The number of H-pyrrole nitrogens is 1. The predicted molar refractivity (Wildman–Crippen MR) is 64.6 cm³/mol. The Balaban J connectivity index is 2.38. The Labute approximate surface area is 106 Å². The highest BCUT2D eigenvalue weighted by Crippen LogP contribution is 2.26. The summed E-state index contributed by atoms with van der Waals surface area (Å²) in [6.45, 7) is 0. The molecule has 0 aliphatic rings. The third-order valence-corrected chi connectivity index (χ3v) is 2.46. The molecule has 0 radical (unpaired) electrons. The van der Waals surface area contributed by atoms with E-state index in [4.69, 9.17) is 11.6 Å². The number of anilines is 1. The van der Waals surface area contributed by atoms with E-state index in [1.54, 1.807) is 0 Å². The number of halogens is 1. The van der Waals surface area contributed by atoms with Crippen LogP contribution >= 0.6 is 11.6 Å². The zero-order valence-electron chi connectivity index (χ0n) is 8.88. The number of amides is 1. The van der Waals surface area contributed by atoms with Crippen molar-refractivity contribution in [3.05, 3.63) is 51.3 Å². The van der Waals surface area contributed by atoms with Crippen LogP contribution in [0.1, 0.15) is 10.4 Å². The summed E-state index contributed by atoms with van der Waals surface area (Å²) in [5.41, 5.74) is -0.549. The van der Waals surface area contributed by atoms with E-state index in [1.165, 1.54) is 30.6 Å². The van der Waals surface area contributed by atoms with E-state index >= 15 is 0 Å². The first-order valence-corrected chi connectivity index (χ1v) is 5.21. The number of benzene rings is 1. The lowest BCUT2D eigenvalue weighted by Gasteiger charge is -2.04. The van der Waals surface area contributed by atoms with Crippen LogP contribution in [0.2, 0.25) is 5.02 Å². The molecule has 8 heteroatoms. The van der Waals surface area contributed by atoms with E-state index in [0.29, 0.717) is 0 Å². The van der Waals surface area contributed by atoms with E-state index in [-0.39, 0.29) is 22.2 Å². The van der Waals surface area contributed by atoms with Crippen LogP contribution in [-0.2, 0) is 0 Å². The quantitative estimate of drug-likeness (QED) is 0.657. The monoisotopic (exact) mass is 266 g/mol. The summed E-state index contributed by atoms with van der Waals surface area (Å²) in [7, 11) is 0. The number of hydrogen-bond donors (Lipinski definition) is 2. The number of carbonyl (C=O) groups is 1. The number of carbonyl (C=O) groups excluding carboxylic acids is 1. The van der Waals surface area contributed by atoms with E-state index in [2.05, 4.69) is 15.3 Å². The molecular weight excluding hydrogens is 260 g/mol. The van der Waals surface area contributed by atoms with E-state index in [0.717, 1.165) is 0 Å². The predicted octanol–water partition coefficient (Wildman–Crippen LogP) is 2.22. The molecule has 0 bridgehead atoms. The van der Waals surface area contributed by atoms with E-state index < -0.39 is 10.8 Å². The van der Waals surface area contributed by atoms with Gasteiger partial charge in [0.25, 0.3) is 11.6 Å². The van der Waals surface area contributed by atoms with Crippen molar-refractivity contribution < 1.29 is 9.72 Å². The first-order valence-electron chi connectivity index (χ1n) is 4.83. The largest absolute Gasteiger partial charge is 0.331 e. The van der Waals surface area contributed by atoms with Crippen LogP contribution in [0.3, 0.4) is 0 Å². The van der Waals surface area contributed by atoms with Gasteiger partial charge in [-0.15, -0.1) is 0 Å². The van der Waals surface area contributed by atoms with E-state index in [9.17, 15) is 14.9 Å². The molecule has 0 spiro atoms. The standard InChI is InChI=1S/C10H7ClN4O3/c11-6-2-1-3-7(15(17)18)8(6)9(16)14-10-12-4-5-13-10/h1-5H,(H2,12,13,14,16). The first-order chi connectivity index (χ1) is 8.59. The summed E-state index contributed by atoms with van der Waals surface area (Å²) in [4.78, 5) is 28.5. The fourth-order valence-corrected chi connectivity index (χ4v) is 1.65. The fraction of sp³-hybridized carbons (Fsp3) is 0. The molecule has 1 amide bonds. The van der Waals surface area contributed by atoms with Crippen LogP contribution in [0, 0.1) is 10.1 Å². The van der Waals surface area contributed by atoms with Gasteiger partial charge in [0, 0.05) is 18.5 Å². The molecule has 18 heavy (non-hydrogen) atoms. The van der Waals surface area contributed by atoms with Gasteiger partial charge in [-0.2, -0.15) is 0 Å². The van der Waals surface area contributed by atoms with Gasteiger partial charge in [0.1, 0.15) is 5.56 Å². The summed E-state index contributed by atoms with van der Waals surface area (Å²) in [6, 6.07) is 4.03. The minimum absolute atomic E-state index is 0.00764. The lowest BCUT2D eigenvalue weighted by Crippen LogP contribution is -2.15. The molecule has 0 unspecified atom stereocenters. The van der Waals surface area contributed by atoms with Crippen molar-refractivity contribution in [2.24, 2.45) is 0 Å². The van der Waals surface area contributed by atoms with Crippen molar-refractivity contribution in [1.82, 2.24) is 9.97 Å². The van der Waals surface area contributed by atoms with E-state index in [1.807, 2.05) is 0 Å². The molecule has 0 aliphatic carbocycles. The molecule has 2 rings (SSSR count). The molecule has 1 aromatic heterocycles. The molecule has 1 aromatic carbocycles. The van der Waals surface area contributed by atoms with Crippen molar-refractivity contribution in [1.29, 1.82) is 0 Å². The molecule has 2 aromatic rings. The average Bonchev–Trinajstić information content (AvgIpc) is 2.81. The highest BCUT2D eigenvalue weighted by Gasteiger charge is 2.23. The Bertz CT molecular complexity index is 597. The van der Waals surface area contributed by atoms with Crippen LogP contribution in [0.25, 0.3) is 0 Å². The molecule has 0 aliphatic heterocycles. The summed E-state index contributed by atoms with van der Waals surface area (Å²) >= 11 is 5.81. The van der Waals surface area contributed by atoms with Crippen LogP contribution in [0.4, 0.5) is 11.6 Å². The molecule has 92 valence electrons. The average molecular weight is 267 g/mol. The zero-order valence-corrected chi connectivity index (χ0v) is 9.64. The summed E-state index contributed by atoms with van der Waals surface area (Å²) in [5, 5.41) is 13.2. The lowest BCUT2D eigenvalue weighted by molar-refractivity contribution is -0.385. The van der Waals surface area contributed by atoms with Gasteiger partial charge >= 0.3 is 0 Å². The molecule has 0 saturated heterocycles. The van der Waals surface area contributed by atoms with Gasteiger partial charge in [0.15, 0.2) is 0 Å². The highest BCUT2D eigenvalue weighted by molar-refractivity contribution is 6.35. The zero-order chi connectivity index (χ0) is 13.1. The SMILES string of the molecule is O=C(Nc1ncc[nH]1)c1c(Cl)cccc1[N+](=O)[O-]. The van der Waals surface area contributed by atoms with Gasteiger partial charge in [0.05, 0.1) is 9.95 Å². The van der Waals surface area contributed by atoms with Gasteiger partial charge < -0.3 is 4.98 Å². The van der Waals surface area contributed by atoms with Crippen molar-refractivity contribution >= 4 is 29.1 Å². The summed E-state index contributed by atoms with van der Waals surface area (Å²) in [5.74, 6) is -0.503. The number of imidazole rings is 1. The number of rotatable bonds is 3. The summed E-state index contributed by atoms with van der Waals surface area (Å²) < 4.78 is 0. The number of aromatic amines is 1. The number of nitrogens with zero attached hydrogens (tertiary/aromatic N) is 2. The minimum Gasteiger partial charge on any atom is -0.331 e. The molecule has 7 nitrogen and oxygen atoms in total. The van der Waals surface area contributed by atoms with Crippen LogP contribution < -0.4 is 5.32 Å². The Morgan fingerprint density at radius 3 is 2.89 bits per heavy atom. The maximum absolute atomic E-state index is 11.9. The maximum Gasteiger partial charge on any atom is 0.283 e. The van der Waals surface area contributed by atoms with Crippen LogP contribution in [0.15, 0.2) is 30.6 Å². The lowest BCUT2D eigenvalue weighted by atomic mass is 10.1. The number of nitro groups is 1. The van der Waals surface area contributed by atoms with Crippen molar-refractivity contribution in [3.8, 4) is 0 Å². The number of hydrogen-bond acceptors (Lipinski definition) is 4. The molecule has 0 fully saturated rings. The second-order valence-electron chi connectivity index (χ2n) is 3.28. The molecule has 2 N–H and O–H groups in total. The molecule has 1 heterocycles. The Morgan fingerprint density at radius 2 is 2.28 bits per heavy atom. The Hall–Kier alpha value is -2.41. The molecule has 0 saturated carbocycles. The number of aromatic nitrogens is 2. The third-order valence-electron chi connectivity index (χ3n) is 2.15. The second-order valence-corrected chi connectivity index (χ2v) is 3.69. The van der Waals surface area contributed by atoms with Crippen LogP contribution in [0.5, 0.6) is 0 Å². The van der Waals surface area contributed by atoms with Gasteiger partial charge in [-0.1, -0.05) is 17.7 Å². The first kappa shape index (κ1) is 12.1. The topological polar surface area (TPSA) is 101 Å². The minimum atomic E-state index is -0.692. The summed E-state index contributed by atoms with van der Waals surface area (Å²) in [6.07, 6.45) is 2.95. The van der Waals surface area contributed by atoms with Gasteiger partial charge in [0.2, 0.25) is 5.95 Å². The fourth-order valence-electron chi connectivity index (χ4n) is 1.39. The van der Waals surface area contributed by atoms with Crippen molar-refractivity contribution in [2.75, 3.05) is 5.32 Å². The Morgan fingerprint density at radius 1 is 1.50 bits per heavy atom. The van der Waals surface area contributed by atoms with Gasteiger partial charge in [-0.3, -0.25) is 20.2 Å². The molecule has 0 atom stereocenters. The normalized spacial score (nSPS) is 10.1. The van der Waals surface area contributed by atoms with Crippen molar-refractivity contribution in [2.45, 2.75) is 0 Å². The van der Waals surface area contributed by atoms with Gasteiger partial charge in [-0.05, 0) is 6.07 Å². The number of nitro benzene ring substituents is 1. The highest BCUT2D eigenvalue weighted by atomic mass is 35.5. The third kappa shape index (κ3) is 2.30.